The zero-order valence-corrected chi connectivity index (χ0v) is 13.7. The summed E-state index contributed by atoms with van der Waals surface area (Å²) in [5.41, 5.74) is 0.388. The maximum absolute atomic E-state index is 4.88. The van der Waals surface area contributed by atoms with Crippen molar-refractivity contribution in [3.63, 3.8) is 0 Å². The monoisotopic (exact) mass is 282 g/mol. The van der Waals surface area contributed by atoms with E-state index in [-0.39, 0.29) is 0 Å². The highest BCUT2D eigenvalue weighted by Crippen LogP contribution is 2.38. The molecule has 1 saturated carbocycles. The van der Waals surface area contributed by atoms with Gasteiger partial charge in [-0.1, -0.05) is 44.9 Å². The molecule has 1 saturated heterocycles. The number of amidine groups is 1. The molecule has 1 heterocycles. The van der Waals surface area contributed by atoms with Crippen LogP contribution in [0.4, 0.5) is 0 Å². The number of nitrogens with zero attached hydrogens (tertiary/aromatic N) is 1. The van der Waals surface area contributed by atoms with Crippen molar-refractivity contribution in [3.8, 4) is 0 Å². The molecule has 0 bridgehead atoms. The predicted octanol–water partition coefficient (Wildman–Crippen LogP) is 4.60. The predicted molar refractivity (Wildman–Crippen MR) is 87.0 cm³/mol. The maximum Gasteiger partial charge on any atom is 0.157 e. The van der Waals surface area contributed by atoms with Gasteiger partial charge in [-0.05, 0) is 44.9 Å². The molecule has 1 unspecified atom stereocenters. The van der Waals surface area contributed by atoms with E-state index >= 15 is 0 Å². The molecule has 2 aliphatic rings. The van der Waals surface area contributed by atoms with Crippen molar-refractivity contribution in [1.82, 2.24) is 5.32 Å². The molecule has 110 valence electrons. The van der Waals surface area contributed by atoms with Gasteiger partial charge in [0.1, 0.15) is 0 Å². The summed E-state index contributed by atoms with van der Waals surface area (Å²) in [6.07, 6.45) is 10.6. The normalized spacial score (nSPS) is 34.7. The zero-order valence-electron chi connectivity index (χ0n) is 12.9. The van der Waals surface area contributed by atoms with Crippen LogP contribution in [0.2, 0.25) is 0 Å². The average Bonchev–Trinajstić information content (AvgIpc) is 2.77. The Morgan fingerprint density at radius 1 is 1.37 bits per heavy atom. The first-order chi connectivity index (χ1) is 9.13. The summed E-state index contributed by atoms with van der Waals surface area (Å²) in [6, 6.07) is 0.485. The molecule has 2 rings (SSSR count). The summed E-state index contributed by atoms with van der Waals surface area (Å²) < 4.78 is 0. The molecular formula is C16H30N2S. The van der Waals surface area contributed by atoms with Crippen molar-refractivity contribution in [2.45, 2.75) is 83.7 Å². The van der Waals surface area contributed by atoms with Gasteiger partial charge in [0.2, 0.25) is 0 Å². The van der Waals surface area contributed by atoms with Crippen LogP contribution in [0.5, 0.6) is 0 Å². The minimum absolute atomic E-state index is 0.388. The van der Waals surface area contributed by atoms with E-state index in [1.807, 2.05) is 11.8 Å². The van der Waals surface area contributed by atoms with Gasteiger partial charge in [0.25, 0.3) is 0 Å². The number of nitrogens with one attached hydrogen (secondary N) is 1. The van der Waals surface area contributed by atoms with Crippen molar-refractivity contribution >= 4 is 16.9 Å². The lowest BCUT2D eigenvalue weighted by atomic mass is 9.78. The molecule has 0 aromatic rings. The van der Waals surface area contributed by atoms with E-state index in [1.165, 1.54) is 62.3 Å². The molecule has 1 aliphatic carbocycles. The Kier molecular flexibility index (Phi) is 5.61. The fourth-order valence-electron chi connectivity index (χ4n) is 3.11. The summed E-state index contributed by atoms with van der Waals surface area (Å²) in [7, 11) is 0. The Morgan fingerprint density at radius 2 is 2.11 bits per heavy atom. The molecule has 0 amide bonds. The van der Waals surface area contributed by atoms with Crippen LogP contribution >= 0.6 is 11.8 Å². The molecule has 0 aromatic heterocycles. The van der Waals surface area contributed by atoms with Crippen LogP contribution in [0.1, 0.15) is 72.1 Å². The van der Waals surface area contributed by atoms with Gasteiger partial charge in [-0.2, -0.15) is 0 Å². The summed E-state index contributed by atoms with van der Waals surface area (Å²) in [6.45, 7) is 6.91. The molecule has 2 nitrogen and oxygen atoms in total. The van der Waals surface area contributed by atoms with E-state index in [2.05, 4.69) is 26.1 Å². The fraction of sp³-hybridized carbons (Fsp3) is 0.938. The van der Waals surface area contributed by atoms with Crippen LogP contribution in [-0.4, -0.2) is 22.5 Å². The Labute approximate surface area is 123 Å². The third-order valence-electron chi connectivity index (χ3n) is 4.65. The number of aliphatic imine (C=N–C) groups is 1. The molecule has 1 spiro atoms. The molecular weight excluding hydrogens is 252 g/mol. The third kappa shape index (κ3) is 4.40. The van der Waals surface area contributed by atoms with Crippen molar-refractivity contribution in [1.29, 1.82) is 0 Å². The quantitative estimate of drug-likeness (QED) is 0.745. The summed E-state index contributed by atoms with van der Waals surface area (Å²) in [5, 5.41) is 4.98. The fourth-order valence-corrected chi connectivity index (χ4v) is 4.43. The molecule has 0 aromatic carbocycles. The first-order valence-corrected chi connectivity index (χ1v) is 9.11. The van der Waals surface area contributed by atoms with Gasteiger partial charge < -0.3 is 5.32 Å². The van der Waals surface area contributed by atoms with Gasteiger partial charge in [0.05, 0.1) is 0 Å². The van der Waals surface area contributed by atoms with Crippen molar-refractivity contribution in [3.05, 3.63) is 0 Å². The van der Waals surface area contributed by atoms with Gasteiger partial charge in [-0.25, -0.2) is 0 Å². The minimum Gasteiger partial charge on any atom is -0.359 e. The molecule has 1 N–H and O–H groups in total. The minimum atomic E-state index is 0.388. The van der Waals surface area contributed by atoms with Crippen LogP contribution in [0.3, 0.4) is 0 Å². The van der Waals surface area contributed by atoms with Crippen molar-refractivity contribution in [2.75, 3.05) is 5.75 Å². The average molecular weight is 282 g/mol. The van der Waals surface area contributed by atoms with Crippen molar-refractivity contribution in [2.24, 2.45) is 10.9 Å². The first kappa shape index (κ1) is 15.2. The summed E-state index contributed by atoms with van der Waals surface area (Å²) in [4.78, 5) is 4.88. The summed E-state index contributed by atoms with van der Waals surface area (Å²) >= 11 is 1.96. The van der Waals surface area contributed by atoms with Crippen LogP contribution in [0, 0.1) is 5.92 Å². The van der Waals surface area contributed by atoms with Gasteiger partial charge >= 0.3 is 0 Å². The smallest absolute Gasteiger partial charge is 0.157 e. The van der Waals surface area contributed by atoms with Crippen LogP contribution in [0.15, 0.2) is 4.99 Å². The second-order valence-corrected chi connectivity index (χ2v) is 7.62. The van der Waals surface area contributed by atoms with Gasteiger partial charge in [0.15, 0.2) is 5.17 Å². The lowest BCUT2D eigenvalue weighted by Gasteiger charge is -2.35. The van der Waals surface area contributed by atoms with Gasteiger partial charge in [0, 0.05) is 17.3 Å². The standard InChI is InChI=1S/C16H30N2S/c1-4-5-6-7-14(3)17-15-18-16(12-19-15)10-8-13(2)9-11-16/h13-14H,4-12H2,1-3H3,(H,17,18). The topological polar surface area (TPSA) is 24.4 Å². The SMILES string of the molecule is CCCCCC(C)N=C1NC2(CCC(C)CC2)CS1. The molecule has 1 aliphatic heterocycles. The number of hydrogen-bond acceptors (Lipinski definition) is 2. The highest BCUT2D eigenvalue weighted by Gasteiger charge is 2.39. The summed E-state index contributed by atoms with van der Waals surface area (Å²) in [5.74, 6) is 2.16. The highest BCUT2D eigenvalue weighted by molar-refractivity contribution is 8.14. The zero-order chi connectivity index (χ0) is 13.7. The lowest BCUT2D eigenvalue weighted by Crippen LogP contribution is -2.46. The number of hydrogen-bond donors (Lipinski definition) is 1. The second kappa shape index (κ2) is 7.01. The largest absolute Gasteiger partial charge is 0.359 e. The molecule has 1 atom stereocenters. The van der Waals surface area contributed by atoms with E-state index in [0.717, 1.165) is 5.92 Å². The van der Waals surface area contributed by atoms with Gasteiger partial charge in [-0.15, -0.1) is 0 Å². The van der Waals surface area contributed by atoms with Crippen LogP contribution in [-0.2, 0) is 0 Å². The first-order valence-electron chi connectivity index (χ1n) is 8.12. The number of rotatable bonds is 5. The maximum atomic E-state index is 4.88. The van der Waals surface area contributed by atoms with E-state index in [1.54, 1.807) is 0 Å². The van der Waals surface area contributed by atoms with E-state index < -0.39 is 0 Å². The molecule has 2 fully saturated rings. The molecule has 3 heteroatoms. The number of unbranched alkanes of at least 4 members (excludes halogenated alkanes) is 2. The van der Waals surface area contributed by atoms with Gasteiger partial charge in [-0.3, -0.25) is 4.99 Å². The second-order valence-electron chi connectivity index (χ2n) is 6.66. The van der Waals surface area contributed by atoms with Crippen molar-refractivity contribution < 1.29 is 0 Å². The van der Waals surface area contributed by atoms with Crippen LogP contribution < -0.4 is 5.32 Å². The lowest BCUT2D eigenvalue weighted by molar-refractivity contribution is 0.250. The van der Waals surface area contributed by atoms with E-state index in [9.17, 15) is 0 Å². The Bertz CT molecular complexity index is 306. The van der Waals surface area contributed by atoms with Crippen LogP contribution in [0.25, 0.3) is 0 Å². The molecule has 0 radical (unpaired) electrons. The Balaban J connectivity index is 1.80. The van der Waals surface area contributed by atoms with E-state index in [4.69, 9.17) is 4.99 Å². The molecule has 19 heavy (non-hydrogen) atoms. The number of thioether (sulfide) groups is 1. The Morgan fingerprint density at radius 3 is 2.79 bits per heavy atom. The third-order valence-corrected chi connectivity index (χ3v) is 5.83. The Hall–Kier alpha value is -0.180. The van der Waals surface area contributed by atoms with E-state index in [0.29, 0.717) is 11.6 Å². The highest BCUT2D eigenvalue weighted by atomic mass is 32.2.